The molecular formula is C20H20N2O2S. The van der Waals surface area contributed by atoms with Gasteiger partial charge in [-0.15, -0.1) is 0 Å². The summed E-state index contributed by atoms with van der Waals surface area (Å²) in [5.74, 6) is 0.879. The van der Waals surface area contributed by atoms with Crippen LogP contribution in [0.1, 0.15) is 23.7 Å². The second kappa shape index (κ2) is 6.56. The molecule has 1 saturated heterocycles. The molecule has 2 amide bonds. The molecule has 0 radical (unpaired) electrons. The Bertz CT molecular complexity index is 822. The normalized spacial score (nSPS) is 22.2. The second-order valence-electron chi connectivity index (χ2n) is 6.40. The van der Waals surface area contributed by atoms with E-state index in [0.717, 1.165) is 23.3 Å². The number of anilines is 1. The van der Waals surface area contributed by atoms with Crippen LogP contribution in [0.3, 0.4) is 0 Å². The summed E-state index contributed by atoms with van der Waals surface area (Å²) in [6.07, 6.45) is 0.732. The Morgan fingerprint density at radius 1 is 1.12 bits per heavy atom. The van der Waals surface area contributed by atoms with Gasteiger partial charge in [0.1, 0.15) is 6.04 Å². The molecule has 4 rings (SSSR count). The first-order valence-electron chi connectivity index (χ1n) is 8.60. The maximum absolute atomic E-state index is 13.1. The molecule has 5 heteroatoms. The van der Waals surface area contributed by atoms with Crippen LogP contribution in [0, 0.1) is 0 Å². The van der Waals surface area contributed by atoms with Gasteiger partial charge in [0, 0.05) is 11.8 Å². The van der Waals surface area contributed by atoms with Crippen LogP contribution in [0.25, 0.3) is 11.1 Å². The minimum absolute atomic E-state index is 0.0460. The van der Waals surface area contributed by atoms with E-state index in [9.17, 15) is 9.59 Å². The Kier molecular flexibility index (Phi) is 4.25. The standard InChI is InChI=1S/C20H20N2O2S/c1-2-25-15-11-18-19(23)21-17-9-8-14(13-6-4-3-5-7-13)10-16(17)20(24)22(18)12-15/h3-10,15,18H,2,11-12H2,1H3,(H,21,23)/t15-,18-/m0/s1. The third-order valence-electron chi connectivity index (χ3n) is 4.84. The zero-order chi connectivity index (χ0) is 17.4. The summed E-state index contributed by atoms with van der Waals surface area (Å²) in [7, 11) is 0. The first-order valence-corrected chi connectivity index (χ1v) is 9.65. The highest BCUT2D eigenvalue weighted by molar-refractivity contribution is 7.99. The van der Waals surface area contributed by atoms with Crippen LogP contribution >= 0.6 is 11.8 Å². The van der Waals surface area contributed by atoms with Crippen LogP contribution in [0.2, 0.25) is 0 Å². The number of thioether (sulfide) groups is 1. The van der Waals surface area contributed by atoms with Gasteiger partial charge in [-0.25, -0.2) is 0 Å². The number of carbonyl (C=O) groups is 2. The predicted molar refractivity (Wildman–Crippen MR) is 102 cm³/mol. The van der Waals surface area contributed by atoms with Crippen LogP contribution in [0.15, 0.2) is 48.5 Å². The largest absolute Gasteiger partial charge is 0.325 e. The fourth-order valence-corrected chi connectivity index (χ4v) is 4.69. The second-order valence-corrected chi connectivity index (χ2v) is 7.98. The molecule has 4 nitrogen and oxygen atoms in total. The molecule has 2 aromatic rings. The van der Waals surface area contributed by atoms with Crippen LogP contribution in [-0.4, -0.2) is 40.3 Å². The lowest BCUT2D eigenvalue weighted by molar-refractivity contribution is -0.119. The van der Waals surface area contributed by atoms with Crippen molar-refractivity contribution in [2.75, 3.05) is 17.6 Å². The Morgan fingerprint density at radius 2 is 1.92 bits per heavy atom. The summed E-state index contributed by atoms with van der Waals surface area (Å²) >= 11 is 1.82. The van der Waals surface area contributed by atoms with Gasteiger partial charge in [0.05, 0.1) is 11.3 Å². The monoisotopic (exact) mass is 352 g/mol. The number of benzene rings is 2. The van der Waals surface area contributed by atoms with Crippen molar-refractivity contribution >= 4 is 29.3 Å². The van der Waals surface area contributed by atoms with E-state index >= 15 is 0 Å². The van der Waals surface area contributed by atoms with Crippen LogP contribution in [0.5, 0.6) is 0 Å². The van der Waals surface area contributed by atoms with Gasteiger partial charge < -0.3 is 10.2 Å². The minimum atomic E-state index is -0.357. The van der Waals surface area contributed by atoms with Gasteiger partial charge in [-0.05, 0) is 35.4 Å². The molecule has 1 fully saturated rings. The maximum atomic E-state index is 13.1. The van der Waals surface area contributed by atoms with E-state index in [1.807, 2.05) is 60.3 Å². The van der Waals surface area contributed by atoms with Crippen LogP contribution in [-0.2, 0) is 4.79 Å². The molecule has 0 saturated carbocycles. The summed E-state index contributed by atoms with van der Waals surface area (Å²) in [6.45, 7) is 2.75. The van der Waals surface area contributed by atoms with E-state index < -0.39 is 0 Å². The quantitative estimate of drug-likeness (QED) is 0.917. The summed E-state index contributed by atoms with van der Waals surface area (Å²) in [6, 6.07) is 15.3. The molecule has 2 aliphatic heterocycles. The topological polar surface area (TPSA) is 49.4 Å². The van der Waals surface area contributed by atoms with Gasteiger partial charge in [0.15, 0.2) is 0 Å². The van der Waals surface area contributed by atoms with E-state index in [0.29, 0.717) is 23.0 Å². The fourth-order valence-electron chi connectivity index (χ4n) is 3.64. The number of carbonyl (C=O) groups excluding carboxylic acids is 2. The molecule has 0 aromatic heterocycles. The molecule has 2 heterocycles. The van der Waals surface area contributed by atoms with Crippen molar-refractivity contribution in [2.24, 2.45) is 0 Å². The molecular weight excluding hydrogens is 332 g/mol. The number of rotatable bonds is 3. The molecule has 2 aromatic carbocycles. The molecule has 1 N–H and O–H groups in total. The van der Waals surface area contributed by atoms with Crippen molar-refractivity contribution < 1.29 is 9.59 Å². The highest BCUT2D eigenvalue weighted by atomic mass is 32.2. The average molecular weight is 352 g/mol. The number of fused-ring (bicyclic) bond motifs is 2. The number of hydrogen-bond acceptors (Lipinski definition) is 3. The van der Waals surface area contributed by atoms with Gasteiger partial charge >= 0.3 is 0 Å². The van der Waals surface area contributed by atoms with E-state index in [2.05, 4.69) is 12.2 Å². The molecule has 0 spiro atoms. The summed E-state index contributed by atoms with van der Waals surface area (Å²) in [5, 5.41) is 3.29. The highest BCUT2D eigenvalue weighted by Gasteiger charge is 2.42. The first-order chi connectivity index (χ1) is 12.2. The summed E-state index contributed by atoms with van der Waals surface area (Å²) in [4.78, 5) is 27.5. The van der Waals surface area contributed by atoms with Crippen LogP contribution < -0.4 is 5.32 Å². The maximum Gasteiger partial charge on any atom is 0.256 e. The lowest BCUT2D eigenvalue weighted by atomic mass is 10.0. The molecule has 128 valence electrons. The molecule has 25 heavy (non-hydrogen) atoms. The van der Waals surface area contributed by atoms with Gasteiger partial charge in [0.2, 0.25) is 5.91 Å². The number of hydrogen-bond donors (Lipinski definition) is 1. The molecule has 2 atom stereocenters. The third-order valence-corrected chi connectivity index (χ3v) is 5.99. The van der Waals surface area contributed by atoms with E-state index in [1.165, 1.54) is 0 Å². The van der Waals surface area contributed by atoms with Crippen LogP contribution in [0.4, 0.5) is 5.69 Å². The Balaban J connectivity index is 1.72. The Labute approximate surface area is 151 Å². The number of amides is 2. The van der Waals surface area contributed by atoms with Crippen molar-refractivity contribution in [1.29, 1.82) is 0 Å². The summed E-state index contributed by atoms with van der Waals surface area (Å²) < 4.78 is 0. The predicted octanol–water partition coefficient (Wildman–Crippen LogP) is 3.64. The molecule has 2 aliphatic rings. The van der Waals surface area contributed by atoms with Gasteiger partial charge in [-0.3, -0.25) is 9.59 Å². The zero-order valence-corrected chi connectivity index (χ0v) is 14.9. The first kappa shape index (κ1) is 16.2. The van der Waals surface area contributed by atoms with Crippen molar-refractivity contribution in [2.45, 2.75) is 24.6 Å². The Morgan fingerprint density at radius 3 is 2.68 bits per heavy atom. The van der Waals surface area contributed by atoms with Gasteiger partial charge in [-0.2, -0.15) is 11.8 Å². The van der Waals surface area contributed by atoms with Gasteiger partial charge in [-0.1, -0.05) is 43.3 Å². The third kappa shape index (κ3) is 2.93. The summed E-state index contributed by atoms with van der Waals surface area (Å²) in [5.41, 5.74) is 3.24. The number of nitrogens with one attached hydrogen (secondary N) is 1. The zero-order valence-electron chi connectivity index (χ0n) is 14.1. The lowest BCUT2D eigenvalue weighted by Gasteiger charge is -2.20. The minimum Gasteiger partial charge on any atom is -0.325 e. The Hall–Kier alpha value is -2.27. The average Bonchev–Trinajstić information content (AvgIpc) is 3.03. The van der Waals surface area contributed by atoms with E-state index in [1.54, 1.807) is 4.90 Å². The fraction of sp³-hybridized carbons (Fsp3) is 0.300. The van der Waals surface area contributed by atoms with Crippen molar-refractivity contribution in [3.05, 3.63) is 54.1 Å². The molecule has 0 bridgehead atoms. The van der Waals surface area contributed by atoms with E-state index in [4.69, 9.17) is 0 Å². The van der Waals surface area contributed by atoms with Crippen molar-refractivity contribution in [1.82, 2.24) is 4.90 Å². The van der Waals surface area contributed by atoms with E-state index in [-0.39, 0.29) is 17.9 Å². The molecule has 0 unspecified atom stereocenters. The smallest absolute Gasteiger partial charge is 0.256 e. The number of nitrogens with zero attached hydrogens (tertiary/aromatic N) is 1. The van der Waals surface area contributed by atoms with Gasteiger partial charge in [0.25, 0.3) is 5.91 Å². The van der Waals surface area contributed by atoms with Crippen molar-refractivity contribution in [3.8, 4) is 11.1 Å². The SMILES string of the molecule is CCS[C@H]1C[C@H]2C(=O)Nc3ccc(-c4ccccc4)cc3C(=O)N2C1. The molecule has 0 aliphatic carbocycles. The highest BCUT2D eigenvalue weighted by Crippen LogP contribution is 2.35. The lowest BCUT2D eigenvalue weighted by Crippen LogP contribution is -2.40. The van der Waals surface area contributed by atoms with Crippen molar-refractivity contribution in [3.63, 3.8) is 0 Å².